The SMILES string of the molecule is C[C@@H](Oc1ccccc1C#N)C(=O)NC(=O)NC(C)(C)C. The van der Waals surface area contributed by atoms with Gasteiger partial charge in [-0.3, -0.25) is 10.1 Å². The summed E-state index contributed by atoms with van der Waals surface area (Å²) in [6, 6.07) is 7.98. The minimum atomic E-state index is -0.898. The van der Waals surface area contributed by atoms with Gasteiger partial charge >= 0.3 is 6.03 Å². The minimum absolute atomic E-state index is 0.305. The highest BCUT2D eigenvalue weighted by Gasteiger charge is 2.21. The van der Waals surface area contributed by atoms with E-state index in [-0.39, 0.29) is 0 Å². The molecular formula is C15H19N3O3. The quantitative estimate of drug-likeness (QED) is 0.889. The van der Waals surface area contributed by atoms with Crippen molar-refractivity contribution < 1.29 is 14.3 Å². The van der Waals surface area contributed by atoms with Crippen LogP contribution in [0.1, 0.15) is 33.3 Å². The number of para-hydroxylation sites is 1. The van der Waals surface area contributed by atoms with E-state index in [1.54, 1.807) is 45.0 Å². The molecule has 1 atom stereocenters. The summed E-state index contributed by atoms with van der Waals surface area (Å²) in [7, 11) is 0. The van der Waals surface area contributed by atoms with Crippen molar-refractivity contribution in [1.29, 1.82) is 5.26 Å². The molecule has 3 amide bonds. The van der Waals surface area contributed by atoms with Crippen LogP contribution >= 0.6 is 0 Å². The van der Waals surface area contributed by atoms with Crippen molar-refractivity contribution in [2.45, 2.75) is 39.3 Å². The summed E-state index contributed by atoms with van der Waals surface area (Å²) in [5, 5.41) is 13.8. The minimum Gasteiger partial charge on any atom is -0.480 e. The molecule has 1 aromatic carbocycles. The lowest BCUT2D eigenvalue weighted by Crippen LogP contribution is -2.50. The van der Waals surface area contributed by atoms with Gasteiger partial charge in [0.25, 0.3) is 5.91 Å². The van der Waals surface area contributed by atoms with Crippen LogP contribution in [0.15, 0.2) is 24.3 Å². The fraction of sp³-hybridized carbons (Fsp3) is 0.400. The highest BCUT2D eigenvalue weighted by Crippen LogP contribution is 2.18. The van der Waals surface area contributed by atoms with E-state index in [1.807, 2.05) is 6.07 Å². The van der Waals surface area contributed by atoms with Crippen LogP contribution in [-0.2, 0) is 4.79 Å². The molecule has 0 unspecified atom stereocenters. The Morgan fingerprint density at radius 2 is 1.90 bits per heavy atom. The maximum absolute atomic E-state index is 11.9. The molecule has 0 aliphatic heterocycles. The predicted octanol–water partition coefficient (Wildman–Crippen LogP) is 1.95. The van der Waals surface area contributed by atoms with Gasteiger partial charge in [-0.15, -0.1) is 0 Å². The number of carbonyl (C=O) groups is 2. The molecule has 0 fully saturated rings. The van der Waals surface area contributed by atoms with E-state index in [9.17, 15) is 9.59 Å². The monoisotopic (exact) mass is 289 g/mol. The highest BCUT2D eigenvalue weighted by molar-refractivity contribution is 5.96. The second-order valence-electron chi connectivity index (χ2n) is 5.56. The molecule has 0 aromatic heterocycles. The molecule has 21 heavy (non-hydrogen) atoms. The van der Waals surface area contributed by atoms with Crippen molar-refractivity contribution in [1.82, 2.24) is 10.6 Å². The average Bonchev–Trinajstić information content (AvgIpc) is 2.36. The summed E-state index contributed by atoms with van der Waals surface area (Å²) in [6.07, 6.45) is -0.898. The Bertz CT molecular complexity index is 570. The van der Waals surface area contributed by atoms with Gasteiger partial charge in [-0.05, 0) is 39.8 Å². The lowest BCUT2D eigenvalue weighted by molar-refractivity contribution is -0.126. The van der Waals surface area contributed by atoms with Crippen molar-refractivity contribution >= 4 is 11.9 Å². The predicted molar refractivity (Wildman–Crippen MR) is 77.7 cm³/mol. The van der Waals surface area contributed by atoms with E-state index in [0.717, 1.165) is 0 Å². The first kappa shape index (κ1) is 16.5. The van der Waals surface area contributed by atoms with Crippen molar-refractivity contribution in [2.75, 3.05) is 0 Å². The zero-order valence-corrected chi connectivity index (χ0v) is 12.6. The van der Waals surface area contributed by atoms with Crippen LogP contribution < -0.4 is 15.4 Å². The molecule has 6 nitrogen and oxygen atoms in total. The Hall–Kier alpha value is -2.55. The number of rotatable bonds is 3. The third-order valence-electron chi connectivity index (χ3n) is 2.41. The normalized spacial score (nSPS) is 12.0. The van der Waals surface area contributed by atoms with Gasteiger partial charge in [0.05, 0.1) is 5.56 Å². The summed E-state index contributed by atoms with van der Waals surface area (Å²) in [6.45, 7) is 6.92. The molecular weight excluding hydrogens is 270 g/mol. The van der Waals surface area contributed by atoms with E-state index in [0.29, 0.717) is 11.3 Å². The Morgan fingerprint density at radius 1 is 1.29 bits per heavy atom. The van der Waals surface area contributed by atoms with Crippen molar-refractivity contribution in [3.63, 3.8) is 0 Å². The number of amides is 3. The van der Waals surface area contributed by atoms with E-state index < -0.39 is 23.6 Å². The first-order valence-electron chi connectivity index (χ1n) is 6.52. The van der Waals surface area contributed by atoms with Gasteiger partial charge in [0.2, 0.25) is 0 Å². The fourth-order valence-corrected chi connectivity index (χ4v) is 1.49. The van der Waals surface area contributed by atoms with Gasteiger partial charge in [-0.25, -0.2) is 4.79 Å². The number of carbonyl (C=O) groups excluding carboxylic acids is 2. The number of hydrogen-bond donors (Lipinski definition) is 2. The molecule has 0 radical (unpaired) electrons. The lowest BCUT2D eigenvalue weighted by Gasteiger charge is -2.21. The summed E-state index contributed by atoms with van der Waals surface area (Å²) in [5.41, 5.74) is -0.113. The first-order valence-corrected chi connectivity index (χ1v) is 6.52. The molecule has 2 N–H and O–H groups in total. The van der Waals surface area contributed by atoms with Gasteiger partial charge in [0.1, 0.15) is 11.8 Å². The van der Waals surface area contributed by atoms with Crippen LogP contribution in [0.5, 0.6) is 5.75 Å². The maximum atomic E-state index is 11.9. The third-order valence-corrected chi connectivity index (χ3v) is 2.41. The molecule has 0 saturated carbocycles. The summed E-state index contributed by atoms with van der Waals surface area (Å²) in [4.78, 5) is 23.5. The largest absolute Gasteiger partial charge is 0.480 e. The zero-order chi connectivity index (χ0) is 16.0. The van der Waals surface area contributed by atoms with E-state index in [2.05, 4.69) is 10.6 Å². The number of nitriles is 1. The molecule has 0 saturated heterocycles. The van der Waals surface area contributed by atoms with Gasteiger partial charge < -0.3 is 10.1 Å². The van der Waals surface area contributed by atoms with E-state index in [4.69, 9.17) is 10.00 Å². The molecule has 0 heterocycles. The number of imide groups is 1. The molecule has 0 aliphatic carbocycles. The third kappa shape index (κ3) is 5.53. The van der Waals surface area contributed by atoms with Crippen LogP contribution in [0.2, 0.25) is 0 Å². The number of nitrogens with zero attached hydrogens (tertiary/aromatic N) is 1. The average molecular weight is 289 g/mol. The molecule has 6 heteroatoms. The summed E-state index contributed by atoms with van der Waals surface area (Å²) >= 11 is 0. The Morgan fingerprint density at radius 3 is 2.48 bits per heavy atom. The fourth-order valence-electron chi connectivity index (χ4n) is 1.49. The zero-order valence-electron chi connectivity index (χ0n) is 12.6. The smallest absolute Gasteiger partial charge is 0.321 e. The second kappa shape index (κ2) is 6.75. The maximum Gasteiger partial charge on any atom is 0.321 e. The Labute approximate surface area is 124 Å². The number of nitrogens with one attached hydrogen (secondary N) is 2. The standard InChI is InChI=1S/C15H19N3O3/c1-10(13(19)17-14(20)18-15(2,3)4)21-12-8-6-5-7-11(12)9-16/h5-8,10H,1-4H3,(H2,17,18,19,20)/t10-/m1/s1. The topological polar surface area (TPSA) is 91.2 Å². The Kier molecular flexibility index (Phi) is 5.30. The number of ether oxygens (including phenoxy) is 1. The number of hydrogen-bond acceptors (Lipinski definition) is 4. The van der Waals surface area contributed by atoms with Crippen molar-refractivity contribution in [2.24, 2.45) is 0 Å². The van der Waals surface area contributed by atoms with E-state index in [1.165, 1.54) is 6.92 Å². The van der Waals surface area contributed by atoms with Crippen LogP contribution in [-0.4, -0.2) is 23.6 Å². The molecule has 0 bridgehead atoms. The molecule has 112 valence electrons. The molecule has 0 spiro atoms. The van der Waals surface area contributed by atoms with Crippen LogP contribution in [0.4, 0.5) is 4.79 Å². The first-order chi connectivity index (χ1) is 9.73. The van der Waals surface area contributed by atoms with Crippen molar-refractivity contribution in [3.8, 4) is 11.8 Å². The van der Waals surface area contributed by atoms with Gasteiger partial charge in [-0.1, -0.05) is 12.1 Å². The van der Waals surface area contributed by atoms with Gasteiger partial charge in [0, 0.05) is 5.54 Å². The van der Waals surface area contributed by atoms with Gasteiger partial charge in [-0.2, -0.15) is 5.26 Å². The van der Waals surface area contributed by atoms with Crippen LogP contribution in [0.3, 0.4) is 0 Å². The van der Waals surface area contributed by atoms with Crippen LogP contribution in [0.25, 0.3) is 0 Å². The van der Waals surface area contributed by atoms with Crippen molar-refractivity contribution in [3.05, 3.63) is 29.8 Å². The Balaban J connectivity index is 2.63. The number of urea groups is 1. The van der Waals surface area contributed by atoms with Gasteiger partial charge in [0.15, 0.2) is 6.10 Å². The lowest BCUT2D eigenvalue weighted by atomic mass is 10.1. The second-order valence-corrected chi connectivity index (χ2v) is 5.56. The summed E-state index contributed by atoms with van der Waals surface area (Å²) < 4.78 is 5.41. The van der Waals surface area contributed by atoms with Crippen LogP contribution in [0, 0.1) is 11.3 Å². The molecule has 1 aromatic rings. The highest BCUT2D eigenvalue weighted by atomic mass is 16.5. The van der Waals surface area contributed by atoms with E-state index >= 15 is 0 Å². The molecule has 0 aliphatic rings. The number of benzene rings is 1. The summed E-state index contributed by atoms with van der Waals surface area (Å²) in [5.74, 6) is -0.275. The molecule has 1 rings (SSSR count).